The lowest BCUT2D eigenvalue weighted by atomic mass is 10.0. The van der Waals surface area contributed by atoms with E-state index < -0.39 is 0 Å². The second-order valence-corrected chi connectivity index (χ2v) is 9.28. The summed E-state index contributed by atoms with van der Waals surface area (Å²) in [6, 6.07) is 14.5. The van der Waals surface area contributed by atoms with Gasteiger partial charge in [0.25, 0.3) is 0 Å². The van der Waals surface area contributed by atoms with Crippen molar-refractivity contribution in [3.8, 4) is 11.4 Å². The molecule has 0 spiro atoms. The molecule has 2 fully saturated rings. The van der Waals surface area contributed by atoms with Gasteiger partial charge in [-0.05, 0) is 74.5 Å². The molecule has 7 nitrogen and oxygen atoms in total. The van der Waals surface area contributed by atoms with E-state index in [4.69, 9.17) is 9.97 Å². The van der Waals surface area contributed by atoms with Crippen LogP contribution in [0, 0.1) is 0 Å². The number of para-hydroxylation sites is 1. The standard InChI is InChI=1S/C27H29N7/c1-34(21-10-12-28-13-11-21)27-25-22(18-7-8-18)16-29-17-23(25)32-26(33-27)19-9-14-30-24(15-19)31-20-5-3-2-4-6-20/h2-6,9,14-18,21,28H,7-8,10-13H2,1H3,(H,30,31). The topological polar surface area (TPSA) is 78.9 Å². The summed E-state index contributed by atoms with van der Waals surface area (Å²) >= 11 is 0. The van der Waals surface area contributed by atoms with Crippen LogP contribution >= 0.6 is 0 Å². The molecule has 4 heterocycles. The SMILES string of the molecule is CN(c1nc(-c2ccnc(Nc3ccccc3)c2)nc2cncc(C3CC3)c12)C1CCNCC1. The molecular formula is C27H29N7. The highest BCUT2D eigenvalue weighted by Crippen LogP contribution is 2.45. The van der Waals surface area contributed by atoms with Crippen LogP contribution in [0.5, 0.6) is 0 Å². The Morgan fingerprint density at radius 3 is 2.59 bits per heavy atom. The van der Waals surface area contributed by atoms with Gasteiger partial charge >= 0.3 is 0 Å². The molecular weight excluding hydrogens is 422 g/mol. The number of rotatable bonds is 6. The molecule has 4 aromatic rings. The van der Waals surface area contributed by atoms with E-state index in [1.807, 2.05) is 61.1 Å². The number of piperidine rings is 1. The first kappa shape index (κ1) is 21.0. The molecule has 1 aliphatic carbocycles. The van der Waals surface area contributed by atoms with E-state index in [2.05, 4.69) is 32.5 Å². The molecule has 2 N–H and O–H groups in total. The molecule has 1 aliphatic heterocycles. The van der Waals surface area contributed by atoms with Gasteiger partial charge in [0.1, 0.15) is 11.6 Å². The van der Waals surface area contributed by atoms with Crippen molar-refractivity contribution in [2.45, 2.75) is 37.6 Å². The van der Waals surface area contributed by atoms with E-state index in [0.29, 0.717) is 17.8 Å². The largest absolute Gasteiger partial charge is 0.356 e. The van der Waals surface area contributed by atoms with Crippen molar-refractivity contribution in [2.24, 2.45) is 0 Å². The highest BCUT2D eigenvalue weighted by atomic mass is 15.2. The molecule has 34 heavy (non-hydrogen) atoms. The molecule has 7 heteroatoms. The average Bonchev–Trinajstić information content (AvgIpc) is 3.74. The molecule has 1 aromatic carbocycles. The van der Waals surface area contributed by atoms with Crippen molar-refractivity contribution in [3.05, 3.63) is 66.6 Å². The molecule has 0 atom stereocenters. The zero-order chi connectivity index (χ0) is 22.9. The Kier molecular flexibility index (Phi) is 5.55. The normalized spacial score (nSPS) is 16.5. The zero-order valence-electron chi connectivity index (χ0n) is 19.4. The minimum atomic E-state index is 0.458. The van der Waals surface area contributed by atoms with Gasteiger partial charge in [-0.2, -0.15) is 0 Å². The van der Waals surface area contributed by atoms with Gasteiger partial charge in [-0.15, -0.1) is 0 Å². The summed E-state index contributed by atoms with van der Waals surface area (Å²) in [5.74, 6) is 3.07. The van der Waals surface area contributed by atoms with Crippen LogP contribution in [0.3, 0.4) is 0 Å². The molecule has 172 valence electrons. The van der Waals surface area contributed by atoms with Gasteiger partial charge in [-0.3, -0.25) is 4.98 Å². The third-order valence-corrected chi connectivity index (χ3v) is 6.89. The monoisotopic (exact) mass is 451 g/mol. The van der Waals surface area contributed by atoms with Crippen molar-refractivity contribution < 1.29 is 0 Å². The maximum absolute atomic E-state index is 5.18. The lowest BCUT2D eigenvalue weighted by Gasteiger charge is -2.33. The van der Waals surface area contributed by atoms with Crippen molar-refractivity contribution in [1.82, 2.24) is 25.3 Å². The zero-order valence-corrected chi connectivity index (χ0v) is 19.4. The summed E-state index contributed by atoms with van der Waals surface area (Å²) in [6.45, 7) is 2.08. The van der Waals surface area contributed by atoms with Gasteiger partial charge in [0.15, 0.2) is 5.82 Å². The van der Waals surface area contributed by atoms with E-state index in [0.717, 1.165) is 54.3 Å². The van der Waals surface area contributed by atoms with E-state index in [1.165, 1.54) is 23.8 Å². The van der Waals surface area contributed by atoms with E-state index in [9.17, 15) is 0 Å². The Morgan fingerprint density at radius 1 is 0.971 bits per heavy atom. The molecule has 1 saturated heterocycles. The summed E-state index contributed by atoms with van der Waals surface area (Å²) in [4.78, 5) is 21.6. The van der Waals surface area contributed by atoms with E-state index in [1.54, 1.807) is 0 Å². The summed E-state index contributed by atoms with van der Waals surface area (Å²) in [5.41, 5.74) is 4.14. The predicted molar refractivity (Wildman–Crippen MR) is 137 cm³/mol. The first-order valence-electron chi connectivity index (χ1n) is 12.1. The fraction of sp³-hybridized carbons (Fsp3) is 0.333. The van der Waals surface area contributed by atoms with Crippen LogP contribution in [0.2, 0.25) is 0 Å². The van der Waals surface area contributed by atoms with E-state index in [-0.39, 0.29) is 0 Å². The number of nitrogens with zero attached hydrogens (tertiary/aromatic N) is 5. The minimum Gasteiger partial charge on any atom is -0.356 e. The van der Waals surface area contributed by atoms with Crippen LogP contribution in [0.1, 0.15) is 37.2 Å². The highest BCUT2D eigenvalue weighted by Gasteiger charge is 2.30. The molecule has 1 saturated carbocycles. The lowest BCUT2D eigenvalue weighted by molar-refractivity contribution is 0.442. The molecule has 0 bridgehead atoms. The summed E-state index contributed by atoms with van der Waals surface area (Å²) < 4.78 is 0. The number of nitrogens with one attached hydrogen (secondary N) is 2. The number of hydrogen-bond acceptors (Lipinski definition) is 7. The fourth-order valence-electron chi connectivity index (χ4n) is 4.85. The van der Waals surface area contributed by atoms with Crippen molar-refractivity contribution in [2.75, 3.05) is 30.4 Å². The number of benzene rings is 1. The summed E-state index contributed by atoms with van der Waals surface area (Å²) in [7, 11) is 2.19. The third-order valence-electron chi connectivity index (χ3n) is 6.89. The van der Waals surface area contributed by atoms with Gasteiger partial charge < -0.3 is 15.5 Å². The number of fused-ring (bicyclic) bond motifs is 1. The highest BCUT2D eigenvalue weighted by molar-refractivity contribution is 5.94. The quantitative estimate of drug-likeness (QED) is 0.432. The molecule has 0 unspecified atom stereocenters. The molecule has 2 aliphatic rings. The van der Waals surface area contributed by atoms with Crippen LogP contribution in [0.25, 0.3) is 22.3 Å². The molecule has 3 aromatic heterocycles. The summed E-state index contributed by atoms with van der Waals surface area (Å²) in [5, 5.41) is 8.02. The van der Waals surface area contributed by atoms with Crippen LogP contribution in [0.15, 0.2) is 61.1 Å². The van der Waals surface area contributed by atoms with Crippen LogP contribution in [0.4, 0.5) is 17.3 Å². The smallest absolute Gasteiger partial charge is 0.162 e. The number of aromatic nitrogens is 4. The lowest BCUT2D eigenvalue weighted by Crippen LogP contribution is -2.41. The van der Waals surface area contributed by atoms with Crippen molar-refractivity contribution in [3.63, 3.8) is 0 Å². The van der Waals surface area contributed by atoms with Crippen molar-refractivity contribution >= 4 is 28.2 Å². The second-order valence-electron chi connectivity index (χ2n) is 9.28. The Bertz CT molecular complexity index is 1300. The number of hydrogen-bond donors (Lipinski definition) is 2. The fourth-order valence-corrected chi connectivity index (χ4v) is 4.85. The van der Waals surface area contributed by atoms with Gasteiger partial charge in [-0.25, -0.2) is 15.0 Å². The summed E-state index contributed by atoms with van der Waals surface area (Å²) in [6.07, 6.45) is 10.4. The van der Waals surface area contributed by atoms with Crippen LogP contribution in [-0.2, 0) is 0 Å². The third kappa shape index (κ3) is 4.19. The maximum atomic E-state index is 5.18. The number of pyridine rings is 2. The molecule has 0 amide bonds. The average molecular weight is 452 g/mol. The van der Waals surface area contributed by atoms with Gasteiger partial charge in [-0.1, -0.05) is 18.2 Å². The Labute approximate surface area is 199 Å². The van der Waals surface area contributed by atoms with Crippen molar-refractivity contribution in [1.29, 1.82) is 0 Å². The predicted octanol–water partition coefficient (Wildman–Crippen LogP) is 4.90. The second kappa shape index (κ2) is 8.99. The molecule has 6 rings (SSSR count). The van der Waals surface area contributed by atoms with Gasteiger partial charge in [0.05, 0.1) is 11.7 Å². The van der Waals surface area contributed by atoms with E-state index >= 15 is 0 Å². The molecule has 0 radical (unpaired) electrons. The maximum Gasteiger partial charge on any atom is 0.162 e. The Balaban J connectivity index is 1.44. The van der Waals surface area contributed by atoms with Crippen LogP contribution in [-0.4, -0.2) is 46.1 Å². The first-order valence-corrected chi connectivity index (χ1v) is 12.1. The van der Waals surface area contributed by atoms with Crippen LogP contribution < -0.4 is 15.5 Å². The van der Waals surface area contributed by atoms with Gasteiger partial charge in [0, 0.05) is 42.1 Å². The first-order chi connectivity index (χ1) is 16.8. The van der Waals surface area contributed by atoms with Gasteiger partial charge in [0.2, 0.25) is 0 Å². The minimum absolute atomic E-state index is 0.458. The Hall–Kier alpha value is -3.58. The number of anilines is 3. The Morgan fingerprint density at radius 2 is 1.79 bits per heavy atom.